The van der Waals surface area contributed by atoms with E-state index in [1.54, 1.807) is 6.20 Å². The van der Waals surface area contributed by atoms with Gasteiger partial charge in [0.05, 0.1) is 46.1 Å². The number of halogens is 1. The Morgan fingerprint density at radius 2 is 1.65 bits per heavy atom. The number of fused-ring (bicyclic) bond motifs is 1. The van der Waals surface area contributed by atoms with Crippen LogP contribution < -0.4 is 10.6 Å². The number of rotatable bonds is 9. The molecule has 2 atom stereocenters. The summed E-state index contributed by atoms with van der Waals surface area (Å²) in [4.78, 5) is 7.12. The zero-order chi connectivity index (χ0) is 32.3. The van der Waals surface area contributed by atoms with Crippen molar-refractivity contribution in [2.45, 2.75) is 70.6 Å². The standard InChI is InChI=1S/C37H41ClN8/c1-5-32(25-12-8-6-9-13-25)42-34-27(22-39)23-40-36-30(34)20-28(21-31(36)38)41-35(26-14-10-7-11-15-26)33-24-46(44-43-33)29-16-18-45(19-17-29)37(2,3)4/h6-15,20-21,23-24,29,32,35,41H,5,16-19H2,1-4H3,(H,40,42)/t32-,35+/m1/s1. The molecule has 9 heteroatoms. The highest BCUT2D eigenvalue weighted by atomic mass is 35.5. The lowest BCUT2D eigenvalue weighted by Gasteiger charge is -2.40. The summed E-state index contributed by atoms with van der Waals surface area (Å²) in [5.41, 5.74) is 5.83. The van der Waals surface area contributed by atoms with Crippen LogP contribution in [-0.2, 0) is 0 Å². The van der Waals surface area contributed by atoms with E-state index in [-0.39, 0.29) is 17.6 Å². The smallest absolute Gasteiger partial charge is 0.109 e. The minimum Gasteiger partial charge on any atom is -0.377 e. The molecule has 236 valence electrons. The van der Waals surface area contributed by atoms with Crippen molar-refractivity contribution in [2.75, 3.05) is 23.7 Å². The molecule has 2 aromatic heterocycles. The summed E-state index contributed by atoms with van der Waals surface area (Å²) in [6.07, 6.45) is 6.59. The lowest BCUT2D eigenvalue weighted by molar-refractivity contribution is 0.0866. The molecular weight excluding hydrogens is 592 g/mol. The normalized spacial score (nSPS) is 15.7. The maximum absolute atomic E-state index is 10.1. The Bertz CT molecular complexity index is 1820. The molecule has 0 aliphatic carbocycles. The van der Waals surface area contributed by atoms with Gasteiger partial charge in [-0.2, -0.15) is 5.26 Å². The lowest BCUT2D eigenvalue weighted by atomic mass is 9.98. The molecule has 0 spiro atoms. The first-order valence-electron chi connectivity index (χ1n) is 16.1. The first-order chi connectivity index (χ1) is 22.2. The zero-order valence-corrected chi connectivity index (χ0v) is 27.7. The SMILES string of the molecule is CC[C@@H](Nc1c(C#N)cnc2c(Cl)cc(N[C@@H](c3ccccc3)c3cn(C4CCN(C(C)(C)C)CC4)nn3)cc12)c1ccccc1. The highest BCUT2D eigenvalue weighted by molar-refractivity contribution is 6.35. The Morgan fingerprint density at radius 3 is 2.28 bits per heavy atom. The van der Waals surface area contributed by atoms with E-state index < -0.39 is 0 Å². The number of pyridine rings is 1. The minimum absolute atomic E-state index is 0.0108. The maximum atomic E-state index is 10.1. The zero-order valence-electron chi connectivity index (χ0n) is 26.9. The first-order valence-corrected chi connectivity index (χ1v) is 16.4. The fourth-order valence-corrected chi connectivity index (χ4v) is 6.67. The van der Waals surface area contributed by atoms with E-state index in [1.807, 2.05) is 53.2 Å². The second kappa shape index (κ2) is 13.5. The quantitative estimate of drug-likeness (QED) is 0.168. The van der Waals surface area contributed by atoms with Crippen molar-refractivity contribution < 1.29 is 0 Å². The predicted octanol–water partition coefficient (Wildman–Crippen LogP) is 8.55. The third-order valence-electron chi connectivity index (χ3n) is 9.03. The third kappa shape index (κ3) is 6.72. The number of aromatic nitrogens is 4. The van der Waals surface area contributed by atoms with Gasteiger partial charge in [-0.25, -0.2) is 4.68 Å². The number of nitrogens with one attached hydrogen (secondary N) is 2. The van der Waals surface area contributed by atoms with Gasteiger partial charge in [-0.3, -0.25) is 9.88 Å². The summed E-state index contributed by atoms with van der Waals surface area (Å²) in [5, 5.41) is 28.0. The number of nitrogens with zero attached hydrogens (tertiary/aromatic N) is 6. The molecule has 1 aliphatic rings. The van der Waals surface area contributed by atoms with Gasteiger partial charge in [-0.1, -0.05) is 84.4 Å². The van der Waals surface area contributed by atoms with Crippen molar-refractivity contribution >= 4 is 33.9 Å². The molecule has 0 unspecified atom stereocenters. The van der Waals surface area contributed by atoms with Crippen LogP contribution in [0.3, 0.4) is 0 Å². The van der Waals surface area contributed by atoms with Crippen LogP contribution in [0.1, 0.15) is 87.5 Å². The number of piperidine rings is 1. The summed E-state index contributed by atoms with van der Waals surface area (Å²) < 4.78 is 2.04. The second-order valence-corrected chi connectivity index (χ2v) is 13.4. The molecule has 1 aliphatic heterocycles. The van der Waals surface area contributed by atoms with E-state index in [0.29, 0.717) is 22.1 Å². The number of hydrogen-bond acceptors (Lipinski definition) is 7. The third-order valence-corrected chi connectivity index (χ3v) is 9.32. The van der Waals surface area contributed by atoms with E-state index in [2.05, 4.69) is 95.1 Å². The summed E-state index contributed by atoms with van der Waals surface area (Å²) in [5.74, 6) is 0. The Kier molecular flexibility index (Phi) is 9.25. The van der Waals surface area contributed by atoms with Crippen LogP contribution in [0.15, 0.2) is 85.2 Å². The van der Waals surface area contributed by atoms with E-state index >= 15 is 0 Å². The van der Waals surface area contributed by atoms with E-state index in [4.69, 9.17) is 11.6 Å². The highest BCUT2D eigenvalue weighted by Gasteiger charge is 2.29. The van der Waals surface area contributed by atoms with Crippen molar-refractivity contribution in [3.8, 4) is 6.07 Å². The Hall–Kier alpha value is -4.45. The molecule has 8 nitrogen and oxygen atoms in total. The van der Waals surface area contributed by atoms with Crippen LogP contribution in [-0.4, -0.2) is 43.5 Å². The van der Waals surface area contributed by atoms with Crippen molar-refractivity contribution in [3.05, 3.63) is 113 Å². The van der Waals surface area contributed by atoms with E-state index in [0.717, 1.165) is 65.9 Å². The van der Waals surface area contributed by atoms with Gasteiger partial charge < -0.3 is 10.6 Å². The fraction of sp³-hybridized carbons (Fsp3) is 0.351. The lowest BCUT2D eigenvalue weighted by Crippen LogP contribution is -2.46. The monoisotopic (exact) mass is 632 g/mol. The van der Waals surface area contributed by atoms with E-state index in [1.165, 1.54) is 0 Å². The topological polar surface area (TPSA) is 94.7 Å². The van der Waals surface area contributed by atoms with Crippen LogP contribution in [0.4, 0.5) is 11.4 Å². The molecule has 1 saturated heterocycles. The van der Waals surface area contributed by atoms with Crippen LogP contribution in [0.2, 0.25) is 5.02 Å². The number of anilines is 2. The Morgan fingerprint density at radius 1 is 0.978 bits per heavy atom. The Balaban J connectivity index is 1.34. The van der Waals surface area contributed by atoms with Gasteiger partial charge >= 0.3 is 0 Å². The van der Waals surface area contributed by atoms with Crippen molar-refractivity contribution in [1.82, 2.24) is 24.9 Å². The average Bonchev–Trinajstić information content (AvgIpc) is 3.56. The van der Waals surface area contributed by atoms with Crippen molar-refractivity contribution in [1.29, 1.82) is 5.26 Å². The molecule has 46 heavy (non-hydrogen) atoms. The Labute approximate surface area is 276 Å². The summed E-state index contributed by atoms with van der Waals surface area (Å²) >= 11 is 6.89. The minimum atomic E-state index is -0.269. The van der Waals surface area contributed by atoms with Gasteiger partial charge in [-0.15, -0.1) is 5.10 Å². The van der Waals surface area contributed by atoms with Crippen molar-refractivity contribution in [3.63, 3.8) is 0 Å². The van der Waals surface area contributed by atoms with E-state index in [9.17, 15) is 5.26 Å². The average molecular weight is 633 g/mol. The predicted molar refractivity (Wildman–Crippen MR) is 186 cm³/mol. The van der Waals surface area contributed by atoms with Crippen LogP contribution >= 0.6 is 11.6 Å². The van der Waals surface area contributed by atoms with Gasteiger partial charge in [0, 0.05) is 35.9 Å². The van der Waals surface area contributed by atoms with Gasteiger partial charge in [0.15, 0.2) is 0 Å². The molecule has 0 bridgehead atoms. The van der Waals surface area contributed by atoms with Crippen LogP contribution in [0, 0.1) is 11.3 Å². The number of benzene rings is 3. The second-order valence-electron chi connectivity index (χ2n) is 13.0. The first kappa shape index (κ1) is 31.5. The summed E-state index contributed by atoms with van der Waals surface area (Å²) in [6, 6.07) is 26.8. The summed E-state index contributed by atoms with van der Waals surface area (Å²) in [6.45, 7) is 11.0. The molecule has 5 aromatic rings. The van der Waals surface area contributed by atoms with Crippen molar-refractivity contribution in [2.24, 2.45) is 0 Å². The molecule has 3 aromatic carbocycles. The molecule has 0 radical (unpaired) electrons. The molecule has 0 saturated carbocycles. The summed E-state index contributed by atoms with van der Waals surface area (Å²) in [7, 11) is 0. The maximum Gasteiger partial charge on any atom is 0.109 e. The highest BCUT2D eigenvalue weighted by Crippen LogP contribution is 2.37. The number of hydrogen-bond donors (Lipinski definition) is 2. The van der Waals surface area contributed by atoms with Gasteiger partial charge in [0.25, 0.3) is 0 Å². The number of likely N-dealkylation sites (tertiary alicyclic amines) is 1. The van der Waals surface area contributed by atoms with Gasteiger partial charge in [0.1, 0.15) is 11.8 Å². The molecule has 1 fully saturated rings. The molecule has 2 N–H and O–H groups in total. The number of nitriles is 1. The molecule has 6 rings (SSSR count). The van der Waals surface area contributed by atoms with Crippen LogP contribution in [0.5, 0.6) is 0 Å². The molecule has 3 heterocycles. The molecule has 0 amide bonds. The van der Waals surface area contributed by atoms with Crippen LogP contribution in [0.25, 0.3) is 10.9 Å². The van der Waals surface area contributed by atoms with Gasteiger partial charge in [-0.05, 0) is 63.3 Å². The largest absolute Gasteiger partial charge is 0.377 e. The van der Waals surface area contributed by atoms with Gasteiger partial charge in [0.2, 0.25) is 0 Å². The molecular formula is C37H41ClN8. The fourth-order valence-electron chi connectivity index (χ4n) is 6.41.